The third-order valence-corrected chi connectivity index (χ3v) is 5.82. The monoisotopic (exact) mass is 420 g/mol. The van der Waals surface area contributed by atoms with Gasteiger partial charge in [-0.25, -0.2) is 0 Å². The molecule has 4 nitrogen and oxygen atoms in total. The summed E-state index contributed by atoms with van der Waals surface area (Å²) in [4.78, 5) is 17.2. The van der Waals surface area contributed by atoms with Gasteiger partial charge in [0.2, 0.25) is 0 Å². The van der Waals surface area contributed by atoms with Gasteiger partial charge in [0.1, 0.15) is 5.75 Å². The van der Waals surface area contributed by atoms with Crippen molar-refractivity contribution in [2.45, 2.75) is 33.3 Å². The van der Waals surface area contributed by atoms with Crippen LogP contribution in [0.4, 0.5) is 5.69 Å². The lowest BCUT2D eigenvalue weighted by Crippen LogP contribution is -2.52. The average Bonchev–Trinajstić information content (AvgIpc) is 2.70. The number of carbonyl (C=O) groups is 1. The Labute approximate surface area is 177 Å². The number of aryl methyl sites for hydroxylation is 2. The molecule has 0 unspecified atom stereocenters. The topological polar surface area (TPSA) is 32.8 Å². The van der Waals surface area contributed by atoms with Crippen LogP contribution in [0, 0.1) is 13.8 Å². The fourth-order valence-electron chi connectivity index (χ4n) is 3.46. The molecule has 0 bridgehead atoms. The zero-order valence-electron chi connectivity index (χ0n) is 16.5. The van der Waals surface area contributed by atoms with Gasteiger partial charge in [-0.1, -0.05) is 36.2 Å². The molecule has 0 radical (unpaired) electrons. The zero-order valence-corrected chi connectivity index (χ0v) is 18.1. The van der Waals surface area contributed by atoms with Gasteiger partial charge in [-0.15, -0.1) is 0 Å². The molecule has 28 heavy (non-hydrogen) atoms. The molecule has 0 saturated carbocycles. The van der Waals surface area contributed by atoms with Crippen LogP contribution in [0.15, 0.2) is 36.4 Å². The van der Waals surface area contributed by atoms with Crippen molar-refractivity contribution in [2.24, 2.45) is 0 Å². The van der Waals surface area contributed by atoms with Gasteiger partial charge in [0.25, 0.3) is 5.91 Å². The first-order valence-corrected chi connectivity index (χ1v) is 10.4. The van der Waals surface area contributed by atoms with E-state index in [0.29, 0.717) is 30.3 Å². The summed E-state index contributed by atoms with van der Waals surface area (Å²) < 4.78 is 5.98. The normalized spacial score (nSPS) is 15.5. The molecule has 0 aromatic heterocycles. The second-order valence-corrected chi connectivity index (χ2v) is 8.01. The van der Waals surface area contributed by atoms with Gasteiger partial charge in [-0.2, -0.15) is 0 Å². The number of nitrogens with zero attached hydrogens (tertiary/aromatic N) is 2. The molecule has 2 aromatic carbocycles. The Morgan fingerprint density at radius 1 is 1.04 bits per heavy atom. The summed E-state index contributed by atoms with van der Waals surface area (Å²) in [6.07, 6.45) is 0.133. The van der Waals surface area contributed by atoms with Crippen LogP contribution >= 0.6 is 23.2 Å². The van der Waals surface area contributed by atoms with Gasteiger partial charge in [0, 0.05) is 41.9 Å². The van der Waals surface area contributed by atoms with Gasteiger partial charge < -0.3 is 14.5 Å². The molecule has 6 heteroatoms. The SMILES string of the molecule is CC[C@@H](Oc1ccc(Cl)c(C)c1)C(=O)N1CCN(c2cc(Cl)ccc2C)CC1. The molecular formula is C22H26Cl2N2O2. The van der Waals surface area contributed by atoms with Crippen molar-refractivity contribution in [3.63, 3.8) is 0 Å². The van der Waals surface area contributed by atoms with Crippen LogP contribution in [-0.2, 0) is 4.79 Å². The van der Waals surface area contributed by atoms with E-state index in [1.165, 1.54) is 5.56 Å². The quantitative estimate of drug-likeness (QED) is 0.672. The Hall–Kier alpha value is -1.91. The number of hydrogen-bond donors (Lipinski definition) is 0. The lowest BCUT2D eigenvalue weighted by molar-refractivity contribution is -0.139. The van der Waals surface area contributed by atoms with Crippen molar-refractivity contribution in [2.75, 3.05) is 31.1 Å². The fraction of sp³-hybridized carbons (Fsp3) is 0.409. The van der Waals surface area contributed by atoms with Crippen LogP contribution in [-0.4, -0.2) is 43.1 Å². The maximum Gasteiger partial charge on any atom is 0.263 e. The summed E-state index contributed by atoms with van der Waals surface area (Å²) in [6.45, 7) is 8.88. The van der Waals surface area contributed by atoms with E-state index in [0.717, 1.165) is 29.4 Å². The Morgan fingerprint density at radius 3 is 2.39 bits per heavy atom. The van der Waals surface area contributed by atoms with Crippen molar-refractivity contribution in [1.82, 2.24) is 4.90 Å². The predicted octanol–water partition coefficient (Wildman–Crippen LogP) is 5.12. The zero-order chi connectivity index (χ0) is 20.3. The smallest absolute Gasteiger partial charge is 0.263 e. The summed E-state index contributed by atoms with van der Waals surface area (Å²) >= 11 is 12.2. The van der Waals surface area contributed by atoms with Crippen LogP contribution in [0.3, 0.4) is 0 Å². The van der Waals surface area contributed by atoms with Gasteiger partial charge in [-0.3, -0.25) is 4.79 Å². The van der Waals surface area contributed by atoms with Crippen LogP contribution in [0.25, 0.3) is 0 Å². The molecule has 1 atom stereocenters. The molecule has 1 heterocycles. The summed E-state index contributed by atoms with van der Waals surface area (Å²) in [5, 5.41) is 1.43. The number of benzene rings is 2. The molecule has 1 fully saturated rings. The number of amides is 1. The standard InChI is InChI=1S/C22H26Cl2N2O2/c1-4-21(28-18-7-8-19(24)16(3)13-18)22(27)26-11-9-25(10-12-26)20-14-17(23)6-5-15(20)2/h5-8,13-14,21H,4,9-12H2,1-3H3/t21-/m1/s1. The highest BCUT2D eigenvalue weighted by Gasteiger charge is 2.28. The Balaban J connectivity index is 1.63. The molecule has 1 amide bonds. The Morgan fingerprint density at radius 2 is 1.75 bits per heavy atom. The third kappa shape index (κ3) is 4.73. The van der Waals surface area contributed by atoms with E-state index in [-0.39, 0.29) is 5.91 Å². The molecule has 150 valence electrons. The molecule has 2 aromatic rings. The number of ether oxygens (including phenoxy) is 1. The maximum absolute atomic E-state index is 13.0. The van der Waals surface area contributed by atoms with Crippen LogP contribution in [0.1, 0.15) is 24.5 Å². The van der Waals surface area contributed by atoms with E-state index in [1.807, 2.05) is 49.1 Å². The van der Waals surface area contributed by atoms with Gasteiger partial charge >= 0.3 is 0 Å². The highest BCUT2D eigenvalue weighted by atomic mass is 35.5. The largest absolute Gasteiger partial charge is 0.481 e. The maximum atomic E-state index is 13.0. The van der Waals surface area contributed by atoms with E-state index in [1.54, 1.807) is 6.07 Å². The molecule has 3 rings (SSSR count). The molecule has 1 saturated heterocycles. The van der Waals surface area contributed by atoms with Crippen molar-refractivity contribution in [1.29, 1.82) is 0 Å². The Bertz CT molecular complexity index is 848. The van der Waals surface area contributed by atoms with Crippen molar-refractivity contribution < 1.29 is 9.53 Å². The molecule has 1 aliphatic heterocycles. The van der Waals surface area contributed by atoms with E-state index < -0.39 is 6.10 Å². The minimum Gasteiger partial charge on any atom is -0.481 e. The van der Waals surface area contributed by atoms with Gasteiger partial charge in [-0.05, 0) is 61.7 Å². The lowest BCUT2D eigenvalue weighted by Gasteiger charge is -2.38. The van der Waals surface area contributed by atoms with Crippen LogP contribution < -0.4 is 9.64 Å². The molecule has 1 aliphatic rings. The summed E-state index contributed by atoms with van der Waals surface area (Å²) in [5.41, 5.74) is 3.27. The average molecular weight is 421 g/mol. The first-order valence-electron chi connectivity index (χ1n) is 9.61. The number of piperazine rings is 1. The minimum absolute atomic E-state index is 0.0394. The first-order chi connectivity index (χ1) is 13.4. The predicted molar refractivity (Wildman–Crippen MR) is 116 cm³/mol. The van der Waals surface area contributed by atoms with Crippen molar-refractivity contribution >= 4 is 34.8 Å². The molecule has 0 aliphatic carbocycles. The highest BCUT2D eigenvalue weighted by Crippen LogP contribution is 2.26. The van der Waals surface area contributed by atoms with E-state index in [2.05, 4.69) is 11.8 Å². The summed E-state index contributed by atoms with van der Waals surface area (Å²) in [5.74, 6) is 0.716. The van der Waals surface area contributed by atoms with E-state index >= 15 is 0 Å². The fourth-order valence-corrected chi connectivity index (χ4v) is 3.74. The summed E-state index contributed by atoms with van der Waals surface area (Å²) in [6, 6.07) is 11.4. The first kappa shape index (κ1) is 20.8. The highest BCUT2D eigenvalue weighted by molar-refractivity contribution is 6.31. The van der Waals surface area contributed by atoms with Crippen LogP contribution in [0.5, 0.6) is 5.75 Å². The number of rotatable bonds is 5. The number of halogens is 2. The second kappa shape index (κ2) is 9.06. The van der Waals surface area contributed by atoms with E-state index in [9.17, 15) is 4.79 Å². The van der Waals surface area contributed by atoms with Gasteiger partial charge in [0.15, 0.2) is 6.10 Å². The lowest BCUT2D eigenvalue weighted by atomic mass is 10.1. The molecule has 0 N–H and O–H groups in total. The van der Waals surface area contributed by atoms with Crippen LogP contribution in [0.2, 0.25) is 10.0 Å². The van der Waals surface area contributed by atoms with Crippen molar-refractivity contribution in [3.05, 3.63) is 57.6 Å². The molecule has 0 spiro atoms. The number of anilines is 1. The summed E-state index contributed by atoms with van der Waals surface area (Å²) in [7, 11) is 0. The third-order valence-electron chi connectivity index (χ3n) is 5.16. The minimum atomic E-state index is -0.486. The number of carbonyl (C=O) groups excluding carboxylic acids is 1. The van der Waals surface area contributed by atoms with Crippen molar-refractivity contribution in [3.8, 4) is 5.75 Å². The second-order valence-electron chi connectivity index (χ2n) is 7.17. The van der Waals surface area contributed by atoms with E-state index in [4.69, 9.17) is 27.9 Å². The van der Waals surface area contributed by atoms with Gasteiger partial charge in [0.05, 0.1) is 0 Å². The molecular weight excluding hydrogens is 395 g/mol. The Kier molecular flexibility index (Phi) is 6.73. The number of hydrogen-bond acceptors (Lipinski definition) is 3.